The van der Waals surface area contributed by atoms with Crippen LogP contribution in [0.4, 0.5) is 0 Å². The number of hydrogen-bond acceptors (Lipinski definition) is 2. The van der Waals surface area contributed by atoms with E-state index >= 15 is 0 Å². The van der Waals surface area contributed by atoms with Gasteiger partial charge in [0.1, 0.15) is 5.75 Å². The number of aryl methyl sites for hydroxylation is 2. The number of benzene rings is 2. The van der Waals surface area contributed by atoms with Crippen molar-refractivity contribution in [2.75, 3.05) is 0 Å². The lowest BCUT2D eigenvalue weighted by Gasteiger charge is -2.19. The molecule has 0 unspecified atom stereocenters. The fraction of sp³-hybridized carbons (Fsp3) is 0.316. The average Bonchev–Trinajstić information content (AvgIpc) is 2.50. The summed E-state index contributed by atoms with van der Waals surface area (Å²) >= 11 is 0. The molecule has 0 fully saturated rings. The first-order valence-corrected chi connectivity index (χ1v) is 7.56. The Bertz CT molecular complexity index is 617. The zero-order valence-electron chi connectivity index (χ0n) is 13.6. The van der Waals surface area contributed by atoms with E-state index in [-0.39, 0.29) is 11.9 Å². The minimum atomic E-state index is -0.532. The third-order valence-electron chi connectivity index (χ3n) is 3.64. The van der Waals surface area contributed by atoms with Gasteiger partial charge in [-0.1, -0.05) is 47.5 Å². The van der Waals surface area contributed by atoms with Crippen LogP contribution in [0.2, 0.25) is 0 Å². The maximum atomic E-state index is 12.2. The molecule has 3 heteroatoms. The Kier molecular flexibility index (Phi) is 5.21. The van der Waals surface area contributed by atoms with E-state index < -0.39 is 6.10 Å². The van der Waals surface area contributed by atoms with Crippen LogP contribution in [0.3, 0.4) is 0 Å². The van der Waals surface area contributed by atoms with Crippen molar-refractivity contribution in [1.29, 1.82) is 0 Å². The Balaban J connectivity index is 1.93. The number of nitrogens with one attached hydrogen (secondary N) is 1. The highest BCUT2D eigenvalue weighted by Gasteiger charge is 2.17. The van der Waals surface area contributed by atoms with Gasteiger partial charge in [-0.15, -0.1) is 0 Å². The molecule has 22 heavy (non-hydrogen) atoms. The number of hydrogen-bond donors (Lipinski definition) is 1. The summed E-state index contributed by atoms with van der Waals surface area (Å²) in [5.74, 6) is 0.588. The predicted molar refractivity (Wildman–Crippen MR) is 89.0 cm³/mol. The zero-order valence-corrected chi connectivity index (χ0v) is 13.6. The summed E-state index contributed by atoms with van der Waals surface area (Å²) in [7, 11) is 0. The largest absolute Gasteiger partial charge is 0.481 e. The molecule has 0 bridgehead atoms. The molecule has 0 aliphatic heterocycles. The average molecular weight is 297 g/mol. The van der Waals surface area contributed by atoms with Crippen LogP contribution in [0.1, 0.15) is 36.6 Å². The zero-order chi connectivity index (χ0) is 16.1. The van der Waals surface area contributed by atoms with Gasteiger partial charge in [0.05, 0.1) is 6.04 Å². The molecule has 0 aromatic heterocycles. The summed E-state index contributed by atoms with van der Waals surface area (Å²) in [4.78, 5) is 12.2. The number of amides is 1. The van der Waals surface area contributed by atoms with Crippen LogP contribution < -0.4 is 10.1 Å². The van der Waals surface area contributed by atoms with E-state index in [1.807, 2.05) is 69.3 Å². The molecule has 0 spiro atoms. The van der Waals surface area contributed by atoms with Gasteiger partial charge in [-0.3, -0.25) is 4.79 Å². The lowest BCUT2D eigenvalue weighted by atomic mass is 10.1. The van der Waals surface area contributed by atoms with Gasteiger partial charge in [-0.05, 0) is 45.4 Å². The summed E-state index contributed by atoms with van der Waals surface area (Å²) < 4.78 is 5.67. The van der Waals surface area contributed by atoms with Gasteiger partial charge in [-0.2, -0.15) is 0 Å². The third-order valence-corrected chi connectivity index (χ3v) is 3.64. The van der Waals surface area contributed by atoms with E-state index in [0.717, 1.165) is 11.1 Å². The second kappa shape index (κ2) is 7.12. The topological polar surface area (TPSA) is 38.3 Å². The molecular weight excluding hydrogens is 274 g/mol. The molecular formula is C19H23NO2. The maximum Gasteiger partial charge on any atom is 0.261 e. The molecule has 1 amide bonds. The van der Waals surface area contributed by atoms with Crippen LogP contribution >= 0.6 is 0 Å². The molecule has 0 saturated heterocycles. The summed E-state index contributed by atoms with van der Waals surface area (Å²) in [5.41, 5.74) is 3.46. The van der Waals surface area contributed by atoms with E-state index in [9.17, 15) is 4.79 Å². The highest BCUT2D eigenvalue weighted by molar-refractivity contribution is 5.81. The Morgan fingerprint density at radius 2 is 1.41 bits per heavy atom. The smallest absolute Gasteiger partial charge is 0.261 e. The Labute approximate surface area is 132 Å². The van der Waals surface area contributed by atoms with Crippen LogP contribution in [-0.2, 0) is 4.79 Å². The Morgan fingerprint density at radius 1 is 0.909 bits per heavy atom. The van der Waals surface area contributed by atoms with Gasteiger partial charge in [-0.25, -0.2) is 0 Å². The van der Waals surface area contributed by atoms with Crippen molar-refractivity contribution in [3.8, 4) is 5.75 Å². The van der Waals surface area contributed by atoms with Crippen LogP contribution in [-0.4, -0.2) is 12.0 Å². The van der Waals surface area contributed by atoms with E-state index in [0.29, 0.717) is 5.75 Å². The predicted octanol–water partition coefficient (Wildman–Crippen LogP) is 3.95. The molecule has 116 valence electrons. The number of ether oxygens (including phenoxy) is 1. The standard InChI is InChI=1S/C19H23NO2/c1-13-5-9-17(10-6-13)15(3)20-19(21)16(4)22-18-11-7-14(2)8-12-18/h5-12,15-16H,1-4H3,(H,20,21)/t15-,16+/m1/s1. The molecule has 2 atom stereocenters. The second-order valence-electron chi connectivity index (χ2n) is 5.71. The van der Waals surface area contributed by atoms with E-state index in [1.165, 1.54) is 5.56 Å². The highest BCUT2D eigenvalue weighted by atomic mass is 16.5. The van der Waals surface area contributed by atoms with Crippen LogP contribution in [0.15, 0.2) is 48.5 Å². The lowest BCUT2D eigenvalue weighted by Crippen LogP contribution is -2.37. The second-order valence-corrected chi connectivity index (χ2v) is 5.71. The number of rotatable bonds is 5. The van der Waals surface area contributed by atoms with E-state index in [1.54, 1.807) is 6.92 Å². The molecule has 3 nitrogen and oxygen atoms in total. The third kappa shape index (κ3) is 4.35. The first kappa shape index (κ1) is 16.1. The van der Waals surface area contributed by atoms with Crippen molar-refractivity contribution in [2.24, 2.45) is 0 Å². The van der Waals surface area contributed by atoms with Crippen molar-refractivity contribution in [3.63, 3.8) is 0 Å². The van der Waals surface area contributed by atoms with Gasteiger partial charge in [0.25, 0.3) is 5.91 Å². The minimum Gasteiger partial charge on any atom is -0.481 e. The molecule has 2 aromatic carbocycles. The van der Waals surface area contributed by atoms with Crippen molar-refractivity contribution < 1.29 is 9.53 Å². The minimum absolute atomic E-state index is 0.0443. The monoisotopic (exact) mass is 297 g/mol. The van der Waals surface area contributed by atoms with Crippen molar-refractivity contribution in [2.45, 2.75) is 39.8 Å². The first-order valence-electron chi connectivity index (χ1n) is 7.56. The van der Waals surface area contributed by atoms with Gasteiger partial charge in [0.2, 0.25) is 0 Å². The summed E-state index contributed by atoms with van der Waals surface area (Å²) in [6.07, 6.45) is -0.532. The Hall–Kier alpha value is -2.29. The van der Waals surface area contributed by atoms with E-state index in [4.69, 9.17) is 4.74 Å². The van der Waals surface area contributed by atoms with Gasteiger partial charge in [0, 0.05) is 0 Å². The van der Waals surface area contributed by atoms with Crippen molar-refractivity contribution in [3.05, 3.63) is 65.2 Å². The number of carbonyl (C=O) groups excluding carboxylic acids is 1. The molecule has 2 aromatic rings. The van der Waals surface area contributed by atoms with Crippen molar-refractivity contribution in [1.82, 2.24) is 5.32 Å². The molecule has 0 aliphatic rings. The summed E-state index contributed by atoms with van der Waals surface area (Å²) in [6, 6.07) is 15.8. The van der Waals surface area contributed by atoms with Gasteiger partial charge in [0.15, 0.2) is 6.10 Å². The summed E-state index contributed by atoms with van der Waals surface area (Å²) in [6.45, 7) is 7.80. The number of carbonyl (C=O) groups is 1. The molecule has 2 rings (SSSR count). The molecule has 0 heterocycles. The van der Waals surface area contributed by atoms with Crippen molar-refractivity contribution >= 4 is 5.91 Å². The summed E-state index contributed by atoms with van der Waals surface area (Å²) in [5, 5.41) is 2.98. The van der Waals surface area contributed by atoms with Crippen LogP contribution in [0, 0.1) is 13.8 Å². The SMILES string of the molecule is Cc1ccc(O[C@@H](C)C(=O)N[C@H](C)c2ccc(C)cc2)cc1. The van der Waals surface area contributed by atoms with Crippen LogP contribution in [0.25, 0.3) is 0 Å². The molecule has 0 saturated carbocycles. The lowest BCUT2D eigenvalue weighted by molar-refractivity contribution is -0.127. The first-order chi connectivity index (χ1) is 10.5. The highest BCUT2D eigenvalue weighted by Crippen LogP contribution is 2.16. The molecule has 0 aliphatic carbocycles. The van der Waals surface area contributed by atoms with Gasteiger partial charge < -0.3 is 10.1 Å². The normalized spacial score (nSPS) is 13.3. The Morgan fingerprint density at radius 3 is 1.95 bits per heavy atom. The maximum absolute atomic E-state index is 12.2. The van der Waals surface area contributed by atoms with E-state index in [2.05, 4.69) is 5.32 Å². The fourth-order valence-electron chi connectivity index (χ4n) is 2.14. The fourth-order valence-corrected chi connectivity index (χ4v) is 2.14. The van der Waals surface area contributed by atoms with Gasteiger partial charge >= 0.3 is 0 Å². The molecule has 0 radical (unpaired) electrons. The van der Waals surface area contributed by atoms with Crippen LogP contribution in [0.5, 0.6) is 5.75 Å². The quantitative estimate of drug-likeness (QED) is 0.907. The molecule has 1 N–H and O–H groups in total.